The largest absolute Gasteiger partial charge is 0.493 e. The fraction of sp³-hybridized carbons (Fsp3) is 0.562. The number of aliphatic carboxylic acids is 1. The lowest BCUT2D eigenvalue weighted by Gasteiger charge is -2.19. The Morgan fingerprint density at radius 1 is 1.24 bits per heavy atom. The summed E-state index contributed by atoms with van der Waals surface area (Å²) in [6.07, 6.45) is 0.0696. The van der Waals surface area contributed by atoms with Gasteiger partial charge in [0.25, 0.3) is 0 Å². The van der Waals surface area contributed by atoms with E-state index in [1.165, 1.54) is 0 Å². The summed E-state index contributed by atoms with van der Waals surface area (Å²) < 4.78 is 11.0. The Kier molecular flexibility index (Phi) is 6.49. The summed E-state index contributed by atoms with van der Waals surface area (Å²) in [7, 11) is 1.59. The van der Waals surface area contributed by atoms with Gasteiger partial charge in [0, 0.05) is 6.54 Å². The summed E-state index contributed by atoms with van der Waals surface area (Å²) in [4.78, 5) is 11.2. The Hall–Kier alpha value is -1.75. The summed E-state index contributed by atoms with van der Waals surface area (Å²) in [6, 6.07) is 5.06. The molecule has 1 atom stereocenters. The van der Waals surface area contributed by atoms with Gasteiger partial charge in [-0.15, -0.1) is 0 Å². The van der Waals surface area contributed by atoms with E-state index in [1.54, 1.807) is 7.11 Å². The van der Waals surface area contributed by atoms with E-state index in [0.717, 1.165) is 5.56 Å². The molecule has 0 aliphatic carbocycles. The molecule has 0 fully saturated rings. The zero-order valence-electron chi connectivity index (χ0n) is 13.3. The summed E-state index contributed by atoms with van der Waals surface area (Å²) in [5.74, 6) is 0.527. The van der Waals surface area contributed by atoms with E-state index >= 15 is 0 Å². The number of carboxylic acid groups (broad SMARTS) is 1. The second-order valence-electron chi connectivity index (χ2n) is 5.59. The first-order valence-electron chi connectivity index (χ1n) is 7.15. The first-order chi connectivity index (χ1) is 9.85. The van der Waals surface area contributed by atoms with Crippen molar-refractivity contribution in [3.63, 3.8) is 0 Å². The van der Waals surface area contributed by atoms with Crippen LogP contribution in [-0.2, 0) is 11.3 Å². The highest BCUT2D eigenvalue weighted by Crippen LogP contribution is 2.29. The van der Waals surface area contributed by atoms with Crippen LogP contribution in [0.2, 0.25) is 0 Å². The molecule has 5 heteroatoms. The van der Waals surface area contributed by atoms with Gasteiger partial charge in [-0.1, -0.05) is 19.9 Å². The monoisotopic (exact) mass is 295 g/mol. The number of rotatable bonds is 8. The Bertz CT molecular complexity index is 471. The average molecular weight is 295 g/mol. The summed E-state index contributed by atoms with van der Waals surface area (Å²) >= 11 is 0. The quantitative estimate of drug-likeness (QED) is 0.772. The van der Waals surface area contributed by atoms with Crippen LogP contribution in [0.5, 0.6) is 11.5 Å². The van der Waals surface area contributed by atoms with E-state index in [1.807, 2.05) is 45.9 Å². The minimum absolute atomic E-state index is 0.0212. The van der Waals surface area contributed by atoms with Crippen LogP contribution in [-0.4, -0.2) is 30.3 Å². The topological polar surface area (TPSA) is 67.8 Å². The number of nitrogens with one attached hydrogen (secondary N) is 1. The van der Waals surface area contributed by atoms with E-state index < -0.39 is 12.0 Å². The van der Waals surface area contributed by atoms with E-state index in [4.69, 9.17) is 14.6 Å². The number of carbonyl (C=O) groups is 1. The van der Waals surface area contributed by atoms with Crippen LogP contribution in [0.3, 0.4) is 0 Å². The van der Waals surface area contributed by atoms with Crippen LogP contribution in [0.1, 0.15) is 33.3 Å². The number of ether oxygens (including phenoxy) is 2. The minimum atomic E-state index is -0.836. The molecule has 2 N–H and O–H groups in total. The van der Waals surface area contributed by atoms with Gasteiger partial charge in [0.05, 0.1) is 13.2 Å². The molecule has 0 saturated heterocycles. The number of carboxylic acids is 1. The third-order valence-electron chi connectivity index (χ3n) is 3.05. The molecule has 0 aliphatic heterocycles. The van der Waals surface area contributed by atoms with Gasteiger partial charge in [-0.2, -0.15) is 0 Å². The van der Waals surface area contributed by atoms with Crippen LogP contribution >= 0.6 is 0 Å². The predicted molar refractivity (Wildman–Crippen MR) is 81.9 cm³/mol. The molecule has 1 aromatic rings. The molecule has 0 amide bonds. The number of methoxy groups -OCH3 is 1. The van der Waals surface area contributed by atoms with E-state index in [-0.39, 0.29) is 12.0 Å². The second-order valence-corrected chi connectivity index (χ2v) is 5.59. The molecule has 0 saturated carbocycles. The molecule has 5 nitrogen and oxygen atoms in total. The molecule has 0 unspecified atom stereocenters. The highest BCUT2D eigenvalue weighted by molar-refractivity contribution is 5.73. The van der Waals surface area contributed by atoms with Crippen molar-refractivity contribution in [2.75, 3.05) is 7.11 Å². The molecule has 0 aromatic heterocycles. The van der Waals surface area contributed by atoms with Crippen molar-refractivity contribution in [1.29, 1.82) is 0 Å². The van der Waals surface area contributed by atoms with Crippen molar-refractivity contribution < 1.29 is 19.4 Å². The Morgan fingerprint density at radius 2 is 1.90 bits per heavy atom. The smallest absolute Gasteiger partial charge is 0.320 e. The first-order valence-corrected chi connectivity index (χ1v) is 7.15. The number of hydrogen-bond acceptors (Lipinski definition) is 4. The second kappa shape index (κ2) is 7.88. The van der Waals surface area contributed by atoms with Crippen molar-refractivity contribution in [3.05, 3.63) is 23.8 Å². The van der Waals surface area contributed by atoms with Crippen LogP contribution in [0.15, 0.2) is 18.2 Å². The Balaban J connectivity index is 2.78. The zero-order valence-corrected chi connectivity index (χ0v) is 13.3. The summed E-state index contributed by atoms with van der Waals surface area (Å²) in [5.41, 5.74) is 0.954. The van der Waals surface area contributed by atoms with E-state index in [9.17, 15) is 4.79 Å². The zero-order chi connectivity index (χ0) is 16.0. The molecule has 0 aliphatic rings. The van der Waals surface area contributed by atoms with Crippen LogP contribution in [0.4, 0.5) is 0 Å². The van der Waals surface area contributed by atoms with Gasteiger partial charge in [0.15, 0.2) is 11.5 Å². The van der Waals surface area contributed by atoms with E-state index in [2.05, 4.69) is 5.32 Å². The van der Waals surface area contributed by atoms with Gasteiger partial charge in [-0.05, 0) is 37.5 Å². The fourth-order valence-corrected chi connectivity index (χ4v) is 2.01. The normalized spacial score (nSPS) is 12.5. The van der Waals surface area contributed by atoms with Crippen LogP contribution < -0.4 is 14.8 Å². The summed E-state index contributed by atoms with van der Waals surface area (Å²) in [5, 5.41) is 12.2. The Morgan fingerprint density at radius 3 is 2.38 bits per heavy atom. The lowest BCUT2D eigenvalue weighted by molar-refractivity contribution is -0.140. The van der Waals surface area contributed by atoms with Gasteiger partial charge in [0.1, 0.15) is 6.04 Å². The van der Waals surface area contributed by atoms with Crippen molar-refractivity contribution in [1.82, 2.24) is 5.32 Å². The van der Waals surface area contributed by atoms with Gasteiger partial charge in [-0.3, -0.25) is 4.79 Å². The maximum Gasteiger partial charge on any atom is 0.320 e. The average Bonchev–Trinajstić information content (AvgIpc) is 2.38. The van der Waals surface area contributed by atoms with Gasteiger partial charge in [-0.25, -0.2) is 0 Å². The number of hydrogen-bond donors (Lipinski definition) is 2. The highest BCUT2D eigenvalue weighted by Gasteiger charge is 2.20. The molecule has 0 radical (unpaired) electrons. The van der Waals surface area contributed by atoms with Crippen molar-refractivity contribution in [2.45, 2.75) is 46.4 Å². The molecule has 0 bridgehead atoms. The third-order valence-corrected chi connectivity index (χ3v) is 3.05. The molecule has 0 spiro atoms. The van der Waals surface area contributed by atoms with Gasteiger partial charge < -0.3 is 19.9 Å². The minimum Gasteiger partial charge on any atom is -0.493 e. The maximum atomic E-state index is 11.2. The standard InChI is InChI=1S/C16H25NO4/c1-10(2)15(16(18)19)17-9-12-6-7-13(21-11(3)4)14(8-12)20-5/h6-8,10-11,15,17H,9H2,1-5H3,(H,18,19)/t15-/m0/s1. The Labute approximate surface area is 126 Å². The molecular weight excluding hydrogens is 270 g/mol. The molecule has 118 valence electrons. The fourth-order valence-electron chi connectivity index (χ4n) is 2.01. The molecule has 21 heavy (non-hydrogen) atoms. The van der Waals surface area contributed by atoms with E-state index in [0.29, 0.717) is 18.0 Å². The predicted octanol–water partition coefficient (Wildman–Crippen LogP) is 2.68. The SMILES string of the molecule is COc1cc(CN[C@H](C(=O)O)C(C)C)ccc1OC(C)C. The van der Waals surface area contributed by atoms with Crippen molar-refractivity contribution >= 4 is 5.97 Å². The maximum absolute atomic E-state index is 11.2. The first kappa shape index (κ1) is 17.3. The summed E-state index contributed by atoms with van der Waals surface area (Å²) in [6.45, 7) is 8.13. The molecule has 1 rings (SSSR count). The van der Waals surface area contributed by atoms with Crippen LogP contribution in [0, 0.1) is 5.92 Å². The van der Waals surface area contributed by atoms with Crippen LogP contribution in [0.25, 0.3) is 0 Å². The molecule has 1 aromatic carbocycles. The highest BCUT2D eigenvalue weighted by atomic mass is 16.5. The molecular formula is C16H25NO4. The third kappa shape index (κ3) is 5.27. The number of benzene rings is 1. The van der Waals surface area contributed by atoms with Gasteiger partial charge in [0.2, 0.25) is 0 Å². The lowest BCUT2D eigenvalue weighted by atomic mass is 10.0. The molecule has 0 heterocycles. The van der Waals surface area contributed by atoms with Crippen molar-refractivity contribution in [2.24, 2.45) is 5.92 Å². The van der Waals surface area contributed by atoms with Crippen molar-refractivity contribution in [3.8, 4) is 11.5 Å². The van der Waals surface area contributed by atoms with Gasteiger partial charge >= 0.3 is 5.97 Å². The lowest BCUT2D eigenvalue weighted by Crippen LogP contribution is -2.40.